The number of aromatic nitrogens is 1. The number of anilines is 2. The molecule has 21 heavy (non-hydrogen) atoms. The Morgan fingerprint density at radius 2 is 1.67 bits per heavy atom. The summed E-state index contributed by atoms with van der Waals surface area (Å²) in [6.07, 6.45) is 1.59. The number of nitrogens with one attached hydrogen (secondary N) is 2. The summed E-state index contributed by atoms with van der Waals surface area (Å²) in [4.78, 5) is 16.1. The summed E-state index contributed by atoms with van der Waals surface area (Å²) in [5, 5.41) is 6.25. The van der Waals surface area contributed by atoms with Crippen LogP contribution in [0.15, 0.2) is 60.8 Å². The molecule has 0 radical (unpaired) electrons. The Bertz CT molecular complexity index is 787. The highest BCUT2D eigenvalue weighted by atomic mass is 19.1. The van der Waals surface area contributed by atoms with Gasteiger partial charge in [0.15, 0.2) is 0 Å². The van der Waals surface area contributed by atoms with E-state index < -0.39 is 6.03 Å². The lowest BCUT2D eigenvalue weighted by Gasteiger charge is -2.08. The van der Waals surface area contributed by atoms with Crippen molar-refractivity contribution in [1.29, 1.82) is 0 Å². The highest BCUT2D eigenvalue weighted by Crippen LogP contribution is 2.16. The number of hydrogen-bond acceptors (Lipinski definition) is 2. The van der Waals surface area contributed by atoms with Gasteiger partial charge in [-0.3, -0.25) is 4.98 Å². The van der Waals surface area contributed by atoms with Crippen LogP contribution in [0.1, 0.15) is 0 Å². The predicted octanol–water partition coefficient (Wildman–Crippen LogP) is 4.02. The first-order valence-corrected chi connectivity index (χ1v) is 6.39. The SMILES string of the molecule is O=C(Nc1ccc(F)cc1)Nc1cnc2ccccc2c1. The van der Waals surface area contributed by atoms with Crippen molar-refractivity contribution >= 4 is 28.3 Å². The smallest absolute Gasteiger partial charge is 0.308 e. The molecule has 2 amide bonds. The molecule has 0 aliphatic carbocycles. The molecule has 0 spiro atoms. The molecule has 0 fully saturated rings. The van der Waals surface area contributed by atoms with Crippen molar-refractivity contribution in [3.05, 3.63) is 66.6 Å². The fourth-order valence-electron chi connectivity index (χ4n) is 1.97. The molecule has 0 aliphatic rings. The molecule has 2 aromatic carbocycles. The Morgan fingerprint density at radius 1 is 0.952 bits per heavy atom. The second-order valence-electron chi connectivity index (χ2n) is 4.50. The van der Waals surface area contributed by atoms with Crippen LogP contribution >= 0.6 is 0 Å². The van der Waals surface area contributed by atoms with E-state index in [0.29, 0.717) is 11.4 Å². The lowest BCUT2D eigenvalue weighted by atomic mass is 10.2. The standard InChI is InChI=1S/C16H12FN3O/c17-12-5-7-13(8-6-12)19-16(21)20-14-9-11-3-1-2-4-15(11)18-10-14/h1-10H,(H2,19,20,21). The van der Waals surface area contributed by atoms with Crippen molar-refractivity contribution in [3.63, 3.8) is 0 Å². The first kappa shape index (κ1) is 13.1. The van der Waals surface area contributed by atoms with Gasteiger partial charge in [-0.1, -0.05) is 18.2 Å². The number of halogens is 1. The van der Waals surface area contributed by atoms with Crippen molar-refractivity contribution in [1.82, 2.24) is 4.98 Å². The van der Waals surface area contributed by atoms with E-state index in [-0.39, 0.29) is 5.82 Å². The first-order valence-electron chi connectivity index (χ1n) is 6.39. The van der Waals surface area contributed by atoms with Gasteiger partial charge in [-0.2, -0.15) is 0 Å². The first-order chi connectivity index (χ1) is 10.2. The maximum atomic E-state index is 12.8. The molecule has 3 aromatic rings. The van der Waals surface area contributed by atoms with E-state index in [1.807, 2.05) is 30.3 Å². The largest absolute Gasteiger partial charge is 0.323 e. The monoisotopic (exact) mass is 281 g/mol. The molecule has 5 heteroatoms. The topological polar surface area (TPSA) is 54.0 Å². The number of nitrogens with zero attached hydrogens (tertiary/aromatic N) is 1. The van der Waals surface area contributed by atoms with E-state index in [1.54, 1.807) is 6.20 Å². The van der Waals surface area contributed by atoms with E-state index in [2.05, 4.69) is 15.6 Å². The number of benzene rings is 2. The summed E-state index contributed by atoms with van der Waals surface area (Å²) in [7, 11) is 0. The third-order valence-corrected chi connectivity index (χ3v) is 2.95. The summed E-state index contributed by atoms with van der Waals surface area (Å²) in [6, 6.07) is 14.6. The molecule has 0 unspecified atom stereocenters. The average molecular weight is 281 g/mol. The third-order valence-electron chi connectivity index (χ3n) is 2.95. The zero-order chi connectivity index (χ0) is 14.7. The number of pyridine rings is 1. The molecule has 2 N–H and O–H groups in total. The molecular formula is C16H12FN3O. The number of urea groups is 1. The average Bonchev–Trinajstić information content (AvgIpc) is 2.49. The van der Waals surface area contributed by atoms with E-state index in [1.165, 1.54) is 24.3 Å². The second kappa shape index (κ2) is 5.58. The minimum absolute atomic E-state index is 0.348. The summed E-state index contributed by atoms with van der Waals surface area (Å²) in [5.41, 5.74) is 1.97. The molecule has 1 aromatic heterocycles. The molecule has 4 nitrogen and oxygen atoms in total. The number of hydrogen-bond donors (Lipinski definition) is 2. The highest BCUT2D eigenvalue weighted by Gasteiger charge is 2.04. The van der Waals surface area contributed by atoms with Crippen molar-refractivity contribution in [2.75, 3.05) is 10.6 Å². The van der Waals surface area contributed by atoms with Crippen LogP contribution in [0.3, 0.4) is 0 Å². The zero-order valence-corrected chi connectivity index (χ0v) is 11.0. The van der Waals surface area contributed by atoms with Crippen molar-refractivity contribution in [2.24, 2.45) is 0 Å². The van der Waals surface area contributed by atoms with Crippen LogP contribution in [0.4, 0.5) is 20.6 Å². The van der Waals surface area contributed by atoms with Gasteiger partial charge in [0.05, 0.1) is 17.4 Å². The van der Waals surface area contributed by atoms with Crippen molar-refractivity contribution in [2.45, 2.75) is 0 Å². The Hall–Kier alpha value is -2.95. The third kappa shape index (κ3) is 3.14. The minimum atomic E-state index is -0.404. The molecule has 0 bridgehead atoms. The normalized spacial score (nSPS) is 10.3. The van der Waals surface area contributed by atoms with Crippen LogP contribution in [0.2, 0.25) is 0 Å². The van der Waals surface area contributed by atoms with Crippen LogP contribution in [0.5, 0.6) is 0 Å². The highest BCUT2D eigenvalue weighted by molar-refractivity contribution is 6.00. The van der Waals surface area contributed by atoms with E-state index in [0.717, 1.165) is 10.9 Å². The Balaban J connectivity index is 1.72. The zero-order valence-electron chi connectivity index (χ0n) is 11.0. The summed E-state index contributed by atoms with van der Waals surface area (Å²) < 4.78 is 12.8. The van der Waals surface area contributed by atoms with E-state index in [9.17, 15) is 9.18 Å². The summed E-state index contributed by atoms with van der Waals surface area (Å²) >= 11 is 0. The van der Waals surface area contributed by atoms with Crippen molar-refractivity contribution < 1.29 is 9.18 Å². The van der Waals surface area contributed by atoms with Gasteiger partial charge in [0.1, 0.15) is 5.82 Å². The van der Waals surface area contributed by atoms with Gasteiger partial charge < -0.3 is 10.6 Å². The summed E-state index contributed by atoms with van der Waals surface area (Å²) in [6.45, 7) is 0. The second-order valence-corrected chi connectivity index (χ2v) is 4.50. The number of fused-ring (bicyclic) bond motifs is 1. The molecule has 1 heterocycles. The Kier molecular flexibility index (Phi) is 3.47. The van der Waals surface area contributed by atoms with Gasteiger partial charge >= 0.3 is 6.03 Å². The van der Waals surface area contributed by atoms with Gasteiger partial charge in [0.2, 0.25) is 0 Å². The maximum absolute atomic E-state index is 12.8. The van der Waals surface area contributed by atoms with Gasteiger partial charge in [0.25, 0.3) is 0 Å². The lowest BCUT2D eigenvalue weighted by Crippen LogP contribution is -2.19. The Morgan fingerprint density at radius 3 is 2.48 bits per heavy atom. The maximum Gasteiger partial charge on any atom is 0.323 e. The van der Waals surface area contributed by atoms with E-state index >= 15 is 0 Å². The molecular weight excluding hydrogens is 269 g/mol. The quantitative estimate of drug-likeness (QED) is 0.745. The fourth-order valence-corrected chi connectivity index (χ4v) is 1.97. The van der Waals surface area contributed by atoms with Gasteiger partial charge in [0, 0.05) is 11.1 Å². The van der Waals surface area contributed by atoms with E-state index in [4.69, 9.17) is 0 Å². The van der Waals surface area contributed by atoms with Gasteiger partial charge in [-0.05, 0) is 36.4 Å². The predicted molar refractivity (Wildman–Crippen MR) is 80.8 cm³/mol. The molecule has 0 saturated heterocycles. The van der Waals surface area contributed by atoms with Gasteiger partial charge in [-0.15, -0.1) is 0 Å². The number of carbonyl (C=O) groups excluding carboxylic acids is 1. The summed E-state index contributed by atoms with van der Waals surface area (Å²) in [5.74, 6) is -0.348. The van der Waals surface area contributed by atoms with Crippen LogP contribution in [0, 0.1) is 5.82 Å². The molecule has 0 aliphatic heterocycles. The molecule has 0 saturated carbocycles. The fraction of sp³-hybridized carbons (Fsp3) is 0. The van der Waals surface area contributed by atoms with Crippen LogP contribution in [-0.4, -0.2) is 11.0 Å². The van der Waals surface area contributed by atoms with Crippen LogP contribution < -0.4 is 10.6 Å². The molecule has 104 valence electrons. The minimum Gasteiger partial charge on any atom is -0.308 e. The Labute approximate surface area is 120 Å². The molecule has 0 atom stereocenters. The molecule has 3 rings (SSSR count). The lowest BCUT2D eigenvalue weighted by molar-refractivity contribution is 0.262. The van der Waals surface area contributed by atoms with Gasteiger partial charge in [-0.25, -0.2) is 9.18 Å². The van der Waals surface area contributed by atoms with Crippen LogP contribution in [-0.2, 0) is 0 Å². The van der Waals surface area contributed by atoms with Crippen LogP contribution in [0.25, 0.3) is 10.9 Å². The van der Waals surface area contributed by atoms with Crippen molar-refractivity contribution in [3.8, 4) is 0 Å². The number of para-hydroxylation sites is 1. The number of amides is 2. The number of rotatable bonds is 2. The number of carbonyl (C=O) groups is 1.